The van der Waals surface area contributed by atoms with Crippen molar-refractivity contribution in [1.82, 2.24) is 0 Å². The van der Waals surface area contributed by atoms with Gasteiger partial charge in [-0.2, -0.15) is 0 Å². The van der Waals surface area contributed by atoms with E-state index in [-0.39, 0.29) is 0 Å². The molecule has 1 aliphatic carbocycles. The van der Waals surface area contributed by atoms with Gasteiger partial charge in [-0.25, -0.2) is 0 Å². The van der Waals surface area contributed by atoms with E-state index in [2.05, 4.69) is 66.7 Å². The van der Waals surface area contributed by atoms with Gasteiger partial charge in [0.25, 0.3) is 0 Å². The van der Waals surface area contributed by atoms with Crippen LogP contribution in [0.25, 0.3) is 0 Å². The SMILES string of the molecule is C=C1CC[C@@H](Br)C(C)(C)[C@H]1Cc1ccccc1. The van der Waals surface area contributed by atoms with Crippen molar-refractivity contribution in [2.45, 2.75) is 37.9 Å². The number of hydrogen-bond donors (Lipinski definition) is 0. The van der Waals surface area contributed by atoms with Crippen LogP contribution >= 0.6 is 15.9 Å². The second-order valence-corrected chi connectivity index (χ2v) is 6.83. The van der Waals surface area contributed by atoms with Gasteiger partial charge in [0, 0.05) is 4.83 Å². The van der Waals surface area contributed by atoms with Crippen molar-refractivity contribution < 1.29 is 0 Å². The summed E-state index contributed by atoms with van der Waals surface area (Å²) in [5.41, 5.74) is 3.15. The Labute approximate surface area is 113 Å². The molecule has 1 aromatic carbocycles. The van der Waals surface area contributed by atoms with Crippen molar-refractivity contribution >= 4 is 15.9 Å². The molecule has 0 radical (unpaired) electrons. The lowest BCUT2D eigenvalue weighted by Gasteiger charge is -2.44. The van der Waals surface area contributed by atoms with E-state index in [4.69, 9.17) is 0 Å². The first-order valence-electron chi connectivity index (χ1n) is 6.37. The first kappa shape index (κ1) is 12.9. The van der Waals surface area contributed by atoms with E-state index in [1.165, 1.54) is 17.6 Å². The summed E-state index contributed by atoms with van der Waals surface area (Å²) >= 11 is 3.85. The van der Waals surface area contributed by atoms with Crippen LogP contribution in [0.4, 0.5) is 0 Å². The monoisotopic (exact) mass is 292 g/mol. The van der Waals surface area contributed by atoms with Gasteiger partial charge in [-0.15, -0.1) is 0 Å². The topological polar surface area (TPSA) is 0 Å². The number of rotatable bonds is 2. The minimum atomic E-state index is 0.297. The maximum absolute atomic E-state index is 4.30. The highest BCUT2D eigenvalue weighted by Crippen LogP contribution is 2.47. The molecule has 0 unspecified atom stereocenters. The van der Waals surface area contributed by atoms with Crippen LogP contribution in [-0.2, 0) is 6.42 Å². The van der Waals surface area contributed by atoms with Gasteiger partial charge in [0.2, 0.25) is 0 Å². The molecular formula is C16H21Br. The fraction of sp³-hybridized carbons (Fsp3) is 0.500. The van der Waals surface area contributed by atoms with E-state index in [1.807, 2.05) is 0 Å². The molecule has 0 nitrogen and oxygen atoms in total. The van der Waals surface area contributed by atoms with Gasteiger partial charge in [-0.1, -0.05) is 72.3 Å². The highest BCUT2D eigenvalue weighted by atomic mass is 79.9. The Balaban J connectivity index is 2.20. The average molecular weight is 293 g/mol. The summed E-state index contributed by atoms with van der Waals surface area (Å²) in [6, 6.07) is 10.8. The lowest BCUT2D eigenvalue weighted by Crippen LogP contribution is -2.39. The van der Waals surface area contributed by atoms with E-state index >= 15 is 0 Å². The number of alkyl halides is 1. The van der Waals surface area contributed by atoms with Crippen LogP contribution in [0.2, 0.25) is 0 Å². The minimum Gasteiger partial charge on any atom is -0.0995 e. The molecule has 0 aromatic heterocycles. The summed E-state index contributed by atoms with van der Waals surface area (Å²) in [6.07, 6.45) is 3.50. The summed E-state index contributed by atoms with van der Waals surface area (Å²) in [5, 5.41) is 0. The van der Waals surface area contributed by atoms with E-state index < -0.39 is 0 Å². The zero-order valence-corrected chi connectivity index (χ0v) is 12.3. The molecule has 0 amide bonds. The smallest absolute Gasteiger partial charge is 0.0205 e. The minimum absolute atomic E-state index is 0.297. The second-order valence-electron chi connectivity index (χ2n) is 5.73. The zero-order valence-electron chi connectivity index (χ0n) is 10.7. The molecule has 0 N–H and O–H groups in total. The Morgan fingerprint density at radius 2 is 1.94 bits per heavy atom. The van der Waals surface area contributed by atoms with E-state index in [0.29, 0.717) is 16.2 Å². The van der Waals surface area contributed by atoms with Crippen LogP contribution in [0.3, 0.4) is 0 Å². The third kappa shape index (κ3) is 2.65. The number of benzene rings is 1. The van der Waals surface area contributed by atoms with Crippen LogP contribution in [0.1, 0.15) is 32.3 Å². The normalized spacial score (nSPS) is 28.1. The molecule has 0 heterocycles. The van der Waals surface area contributed by atoms with Crippen molar-refractivity contribution in [3.8, 4) is 0 Å². The van der Waals surface area contributed by atoms with Crippen LogP contribution < -0.4 is 0 Å². The molecule has 0 saturated heterocycles. The molecule has 2 atom stereocenters. The third-order valence-electron chi connectivity index (χ3n) is 4.20. The summed E-state index contributed by atoms with van der Waals surface area (Å²) in [7, 11) is 0. The van der Waals surface area contributed by atoms with Crippen LogP contribution in [0, 0.1) is 11.3 Å². The van der Waals surface area contributed by atoms with E-state index in [1.54, 1.807) is 0 Å². The zero-order chi connectivity index (χ0) is 12.5. The van der Waals surface area contributed by atoms with Gasteiger partial charge in [0.15, 0.2) is 0 Å². The maximum Gasteiger partial charge on any atom is 0.0205 e. The quantitative estimate of drug-likeness (QED) is 0.532. The second kappa shape index (κ2) is 4.97. The lowest BCUT2D eigenvalue weighted by molar-refractivity contribution is 0.203. The van der Waals surface area contributed by atoms with Crippen LogP contribution in [-0.4, -0.2) is 4.83 Å². The molecule has 92 valence electrons. The number of allylic oxidation sites excluding steroid dienone is 1. The Kier molecular flexibility index (Phi) is 3.77. The predicted molar refractivity (Wildman–Crippen MR) is 78.5 cm³/mol. The first-order chi connectivity index (χ1) is 8.01. The molecule has 1 aliphatic rings. The van der Waals surface area contributed by atoms with Crippen LogP contribution in [0.15, 0.2) is 42.5 Å². The lowest BCUT2D eigenvalue weighted by atomic mass is 9.65. The van der Waals surface area contributed by atoms with Crippen molar-refractivity contribution in [2.24, 2.45) is 11.3 Å². The highest BCUT2D eigenvalue weighted by Gasteiger charge is 2.40. The standard InChI is InChI=1S/C16H21Br/c1-12-9-10-15(17)16(2,3)14(12)11-13-7-5-4-6-8-13/h4-8,14-15H,1,9-11H2,2-3H3/t14-,15+/m0/s1. The molecule has 0 aliphatic heterocycles. The average Bonchev–Trinajstić information content (AvgIpc) is 2.32. The van der Waals surface area contributed by atoms with Gasteiger partial charge >= 0.3 is 0 Å². The van der Waals surface area contributed by atoms with Crippen molar-refractivity contribution in [2.75, 3.05) is 0 Å². The molecule has 17 heavy (non-hydrogen) atoms. The Morgan fingerprint density at radius 3 is 2.59 bits per heavy atom. The van der Waals surface area contributed by atoms with Crippen LogP contribution in [0.5, 0.6) is 0 Å². The molecule has 1 saturated carbocycles. The van der Waals surface area contributed by atoms with Crippen molar-refractivity contribution in [3.05, 3.63) is 48.0 Å². The number of hydrogen-bond acceptors (Lipinski definition) is 0. The number of halogens is 1. The molecule has 1 aromatic rings. The molecular weight excluding hydrogens is 272 g/mol. The molecule has 0 bridgehead atoms. The largest absolute Gasteiger partial charge is 0.0995 e. The Bertz CT molecular complexity index is 391. The maximum atomic E-state index is 4.30. The van der Waals surface area contributed by atoms with Gasteiger partial charge < -0.3 is 0 Å². The first-order valence-corrected chi connectivity index (χ1v) is 7.29. The Morgan fingerprint density at radius 1 is 1.29 bits per heavy atom. The summed E-state index contributed by atoms with van der Waals surface area (Å²) in [4.78, 5) is 0.606. The predicted octanol–water partition coefficient (Wildman–Crippen LogP) is 4.99. The summed E-state index contributed by atoms with van der Waals surface area (Å²) < 4.78 is 0. The molecule has 0 spiro atoms. The van der Waals surface area contributed by atoms with Gasteiger partial charge in [-0.3, -0.25) is 0 Å². The van der Waals surface area contributed by atoms with Gasteiger partial charge in [-0.05, 0) is 36.2 Å². The highest BCUT2D eigenvalue weighted by molar-refractivity contribution is 9.09. The van der Waals surface area contributed by atoms with Crippen molar-refractivity contribution in [3.63, 3.8) is 0 Å². The van der Waals surface area contributed by atoms with E-state index in [0.717, 1.165) is 12.8 Å². The Hall–Kier alpha value is -0.560. The molecule has 1 heteroatoms. The van der Waals surface area contributed by atoms with E-state index in [9.17, 15) is 0 Å². The van der Waals surface area contributed by atoms with Gasteiger partial charge in [0.1, 0.15) is 0 Å². The van der Waals surface area contributed by atoms with Crippen molar-refractivity contribution in [1.29, 1.82) is 0 Å². The molecule has 1 fully saturated rings. The third-order valence-corrected chi connectivity index (χ3v) is 5.84. The fourth-order valence-electron chi connectivity index (χ4n) is 2.86. The summed E-state index contributed by atoms with van der Waals surface area (Å²) in [6.45, 7) is 9.03. The molecule has 2 rings (SSSR count). The summed E-state index contributed by atoms with van der Waals surface area (Å²) in [5.74, 6) is 0.586. The van der Waals surface area contributed by atoms with Gasteiger partial charge in [0.05, 0.1) is 0 Å². The fourth-order valence-corrected chi connectivity index (χ4v) is 3.41.